The molecule has 19 heteroatoms. The van der Waals surface area contributed by atoms with Crippen molar-refractivity contribution in [3.05, 3.63) is 91.4 Å². The molecule has 4 saturated heterocycles. The first kappa shape index (κ1) is 46.4. The maximum Gasteiger partial charge on any atom is 0.227 e. The van der Waals surface area contributed by atoms with Crippen LogP contribution in [0.3, 0.4) is 0 Å². The zero-order valence-corrected chi connectivity index (χ0v) is 40.7. The van der Waals surface area contributed by atoms with Gasteiger partial charge in [-0.25, -0.2) is 24.3 Å². The monoisotopic (exact) mass is 985 g/mol. The highest BCUT2D eigenvalue weighted by molar-refractivity contribution is 6.35. The molecule has 5 unspecified atom stereocenters. The van der Waals surface area contributed by atoms with E-state index >= 15 is 0 Å². The minimum absolute atomic E-state index is 0.0655. The molecule has 2 aromatic carbocycles. The van der Waals surface area contributed by atoms with Gasteiger partial charge in [-0.15, -0.1) is 0 Å². The molecule has 0 aliphatic carbocycles. The molecule has 0 saturated carbocycles. The number of fused-ring (bicyclic) bond motifs is 2. The maximum absolute atomic E-state index is 10.3. The van der Waals surface area contributed by atoms with Crippen molar-refractivity contribution >= 4 is 80.4 Å². The number of aromatic nitrogens is 8. The predicted octanol–water partition coefficient (Wildman–Crippen LogP) is 7.56. The number of rotatable bonds is 14. The SMILES string of the molecule is Cc1nn(C(C)c2ccc(Cl)cc2Cl)c2nc(N3CC(C4CC(CC(c5ccc(Cl)cc5Cl)n5nc(C#N)c6ncc(N7CC(C8CCCN(CCO)C8)C7)nc65)CN(CCO)C4)C3)ncc12. The van der Waals surface area contributed by atoms with Crippen LogP contribution in [-0.4, -0.2) is 138 Å². The molecule has 4 fully saturated rings. The lowest BCUT2D eigenvalue weighted by Crippen LogP contribution is -2.55. The number of nitrogens with zero attached hydrogens (tertiary/aromatic N) is 13. The largest absolute Gasteiger partial charge is 0.395 e. The Labute approximate surface area is 410 Å². The summed E-state index contributed by atoms with van der Waals surface area (Å²) in [4.78, 5) is 29.2. The molecule has 0 spiro atoms. The van der Waals surface area contributed by atoms with Crippen LogP contribution < -0.4 is 9.80 Å². The first-order valence-electron chi connectivity index (χ1n) is 23.4. The lowest BCUT2D eigenvalue weighted by atomic mass is 9.75. The van der Waals surface area contributed by atoms with Crippen molar-refractivity contribution in [1.82, 2.24) is 49.3 Å². The summed E-state index contributed by atoms with van der Waals surface area (Å²) in [6, 6.07) is 12.8. The van der Waals surface area contributed by atoms with E-state index in [2.05, 4.69) is 32.6 Å². The van der Waals surface area contributed by atoms with Crippen molar-refractivity contribution in [2.24, 2.45) is 29.6 Å². The van der Waals surface area contributed by atoms with Crippen molar-refractivity contribution in [2.75, 3.05) is 88.5 Å². The van der Waals surface area contributed by atoms with E-state index in [-0.39, 0.29) is 36.9 Å². The second-order valence-corrected chi connectivity index (χ2v) is 20.8. The number of likely N-dealkylation sites (tertiary alicyclic amines) is 2. The fourth-order valence-corrected chi connectivity index (χ4v) is 12.3. The summed E-state index contributed by atoms with van der Waals surface area (Å²) in [5, 5.41) is 43.0. The van der Waals surface area contributed by atoms with E-state index in [0.717, 1.165) is 105 Å². The summed E-state index contributed by atoms with van der Waals surface area (Å²) in [6.07, 6.45) is 7.62. The average Bonchev–Trinajstić information content (AvgIpc) is 3.81. The molecule has 67 heavy (non-hydrogen) atoms. The van der Waals surface area contributed by atoms with Crippen LogP contribution in [0.4, 0.5) is 11.8 Å². The van der Waals surface area contributed by atoms with Crippen molar-refractivity contribution in [2.45, 2.75) is 51.6 Å². The van der Waals surface area contributed by atoms with E-state index < -0.39 is 0 Å². The third kappa shape index (κ3) is 9.28. The number of aliphatic hydroxyl groups is 2. The molecule has 8 heterocycles. The van der Waals surface area contributed by atoms with Crippen LogP contribution >= 0.6 is 46.4 Å². The summed E-state index contributed by atoms with van der Waals surface area (Å²) >= 11 is 26.4. The lowest BCUT2D eigenvalue weighted by molar-refractivity contribution is 0.0602. The van der Waals surface area contributed by atoms with Gasteiger partial charge >= 0.3 is 0 Å². The number of halogens is 4. The Bertz CT molecular complexity index is 2800. The van der Waals surface area contributed by atoms with E-state index in [0.29, 0.717) is 73.8 Å². The molecule has 0 bridgehead atoms. The Balaban J connectivity index is 0.891. The fourth-order valence-electron chi connectivity index (χ4n) is 11.2. The van der Waals surface area contributed by atoms with Gasteiger partial charge in [-0.2, -0.15) is 20.4 Å². The zero-order chi connectivity index (χ0) is 46.5. The molecule has 10 rings (SSSR count). The quantitative estimate of drug-likeness (QED) is 0.110. The number of hydrogen-bond donors (Lipinski definition) is 2. The number of benzene rings is 2. The minimum Gasteiger partial charge on any atom is -0.395 e. The van der Waals surface area contributed by atoms with Crippen molar-refractivity contribution in [3.8, 4) is 6.07 Å². The molecule has 6 aromatic rings. The summed E-state index contributed by atoms with van der Waals surface area (Å²) in [5.41, 5.74) is 4.59. The molecule has 4 aromatic heterocycles. The summed E-state index contributed by atoms with van der Waals surface area (Å²) in [7, 11) is 0. The first-order valence-corrected chi connectivity index (χ1v) is 24.9. The van der Waals surface area contributed by atoms with Gasteiger partial charge in [0.15, 0.2) is 17.0 Å². The highest BCUT2D eigenvalue weighted by atomic mass is 35.5. The van der Waals surface area contributed by atoms with Crippen LogP contribution in [0, 0.1) is 47.8 Å². The van der Waals surface area contributed by atoms with Crippen molar-refractivity contribution < 1.29 is 10.2 Å². The number of aliphatic hydroxyl groups excluding tert-OH is 2. The maximum atomic E-state index is 10.3. The molecule has 5 atom stereocenters. The molecule has 0 radical (unpaired) electrons. The molecule has 15 nitrogen and oxygen atoms in total. The number of aryl methyl sites for hydroxylation is 1. The van der Waals surface area contributed by atoms with Crippen LogP contribution in [0.5, 0.6) is 0 Å². The van der Waals surface area contributed by atoms with E-state index in [1.807, 2.05) is 46.7 Å². The van der Waals surface area contributed by atoms with Gasteiger partial charge in [0.05, 0.1) is 42.6 Å². The van der Waals surface area contributed by atoms with Gasteiger partial charge in [0.25, 0.3) is 0 Å². The molecule has 2 N–H and O–H groups in total. The Morgan fingerprint density at radius 2 is 1.43 bits per heavy atom. The highest BCUT2D eigenvalue weighted by Crippen LogP contribution is 2.42. The summed E-state index contributed by atoms with van der Waals surface area (Å²) in [5.74, 6) is 3.49. The van der Waals surface area contributed by atoms with E-state index in [1.54, 1.807) is 18.3 Å². The van der Waals surface area contributed by atoms with Crippen LogP contribution in [0.25, 0.3) is 22.2 Å². The molecular formula is C48H55Cl4N13O2. The van der Waals surface area contributed by atoms with E-state index in [9.17, 15) is 15.5 Å². The van der Waals surface area contributed by atoms with Gasteiger partial charge in [-0.05, 0) is 111 Å². The third-order valence-electron chi connectivity index (χ3n) is 14.8. The van der Waals surface area contributed by atoms with Gasteiger partial charge in [-0.3, -0.25) is 0 Å². The zero-order valence-electron chi connectivity index (χ0n) is 37.7. The van der Waals surface area contributed by atoms with Gasteiger partial charge in [0.2, 0.25) is 5.95 Å². The van der Waals surface area contributed by atoms with Gasteiger partial charge in [-0.1, -0.05) is 58.5 Å². The number of nitriles is 1. The smallest absolute Gasteiger partial charge is 0.227 e. The topological polar surface area (TPSA) is 164 Å². The Morgan fingerprint density at radius 1 is 0.746 bits per heavy atom. The summed E-state index contributed by atoms with van der Waals surface area (Å²) < 4.78 is 3.79. The Hall–Kier alpha value is -4.37. The number of anilines is 2. The van der Waals surface area contributed by atoms with E-state index in [1.165, 1.54) is 6.42 Å². The van der Waals surface area contributed by atoms with Crippen LogP contribution in [0.2, 0.25) is 20.1 Å². The van der Waals surface area contributed by atoms with Gasteiger partial charge < -0.3 is 29.8 Å². The Morgan fingerprint density at radius 3 is 2.15 bits per heavy atom. The second-order valence-electron chi connectivity index (χ2n) is 19.1. The van der Waals surface area contributed by atoms with Crippen molar-refractivity contribution in [1.29, 1.82) is 5.26 Å². The van der Waals surface area contributed by atoms with Crippen LogP contribution in [-0.2, 0) is 0 Å². The third-order valence-corrected chi connectivity index (χ3v) is 16.0. The first-order chi connectivity index (χ1) is 32.5. The summed E-state index contributed by atoms with van der Waals surface area (Å²) in [6.45, 7) is 12.7. The van der Waals surface area contributed by atoms with Crippen molar-refractivity contribution in [3.63, 3.8) is 0 Å². The van der Waals surface area contributed by atoms with E-state index in [4.69, 9.17) is 76.5 Å². The molecular weight excluding hydrogens is 932 g/mol. The lowest BCUT2D eigenvalue weighted by Gasteiger charge is -2.48. The van der Waals surface area contributed by atoms with Crippen LogP contribution in [0.1, 0.15) is 67.2 Å². The average molecular weight is 988 g/mol. The number of β-amino-alcohol motifs (C(OH)–C–C–N with tert-alkyl or cyclic N) is 2. The normalized spacial score (nSPS) is 22.0. The molecule has 4 aliphatic heterocycles. The number of piperidine rings is 2. The highest BCUT2D eigenvalue weighted by Gasteiger charge is 2.41. The fraction of sp³-hybridized carbons (Fsp3) is 0.521. The van der Waals surface area contributed by atoms with Gasteiger partial charge in [0.1, 0.15) is 17.4 Å². The Kier molecular flexibility index (Phi) is 13.5. The predicted molar refractivity (Wildman–Crippen MR) is 262 cm³/mol. The molecule has 352 valence electrons. The standard InChI is InChI=1S/C48H55Cl4N13O2/c1-28-39-19-55-48(57-46(39)64(58-28)29(2)37-7-5-35(49)16-40(37)51)63-26-34(27-63)32-14-30(21-61(23-32)11-13-67)15-43(38-8-6-36(50)17-41(38)52)65-47-45(42(18-53)59-65)54-20-44(56-47)62-24-33(25-62)31-4-3-9-60(22-31)10-12-66/h5-8,16-17,19-20,29-34,43,66-67H,3-4,9-15,21-27H2,1-2H3. The molecule has 4 aliphatic rings. The number of hydrogen-bond acceptors (Lipinski definition) is 13. The minimum atomic E-state index is -0.376. The second kappa shape index (κ2) is 19.6. The van der Waals surface area contributed by atoms with Crippen LogP contribution in [0.15, 0.2) is 48.8 Å². The molecule has 0 amide bonds. The van der Waals surface area contributed by atoms with Gasteiger partial charge in [0, 0.05) is 85.2 Å².